The zero-order valence-corrected chi connectivity index (χ0v) is 12.0. The van der Waals surface area contributed by atoms with Crippen LogP contribution in [0.4, 0.5) is 0 Å². The van der Waals surface area contributed by atoms with E-state index in [2.05, 4.69) is 16.4 Å². The number of aromatic amines is 1. The Labute approximate surface area is 116 Å². The van der Waals surface area contributed by atoms with E-state index in [4.69, 9.17) is 12.2 Å². The molecule has 17 heavy (non-hydrogen) atoms. The van der Waals surface area contributed by atoms with Crippen LogP contribution in [0, 0.1) is 9.87 Å². The summed E-state index contributed by atoms with van der Waals surface area (Å²) < 4.78 is 0.801. The third-order valence-corrected chi connectivity index (χ3v) is 6.36. The first-order valence-corrected chi connectivity index (χ1v) is 8.23. The molecule has 2 aromatic rings. The molecule has 6 heteroatoms. The van der Waals surface area contributed by atoms with Crippen LogP contribution in [0.2, 0.25) is 0 Å². The largest absolute Gasteiger partial charge is 0.332 e. The molecule has 0 radical (unpaired) electrons. The van der Waals surface area contributed by atoms with E-state index >= 15 is 0 Å². The van der Waals surface area contributed by atoms with Crippen LogP contribution in [0.3, 0.4) is 0 Å². The van der Waals surface area contributed by atoms with Gasteiger partial charge in [0.2, 0.25) is 0 Å². The predicted molar refractivity (Wildman–Crippen MR) is 75.9 cm³/mol. The van der Waals surface area contributed by atoms with E-state index in [1.807, 2.05) is 6.07 Å². The Hall–Kier alpha value is -0.430. The first-order valence-electron chi connectivity index (χ1n) is 5.14. The van der Waals surface area contributed by atoms with Crippen LogP contribution >= 0.6 is 46.7 Å². The minimum absolute atomic E-state index is 0.0626. The van der Waals surface area contributed by atoms with Gasteiger partial charge >= 0.3 is 0 Å². The van der Waals surface area contributed by atoms with Crippen molar-refractivity contribution >= 4 is 52.9 Å². The van der Waals surface area contributed by atoms with Crippen molar-refractivity contribution in [3.8, 4) is 0 Å². The maximum atomic E-state index is 11.2. The molecule has 0 spiro atoms. The summed E-state index contributed by atoms with van der Waals surface area (Å²) in [5.41, 5.74) is 0. The second kappa shape index (κ2) is 4.68. The molecule has 0 saturated carbocycles. The number of rotatable bonds is 2. The highest BCUT2D eigenvalue weighted by molar-refractivity contribution is 7.99. The summed E-state index contributed by atoms with van der Waals surface area (Å²) in [6, 6.07) is 4.14. The second-order valence-electron chi connectivity index (χ2n) is 3.81. The van der Waals surface area contributed by atoms with Crippen LogP contribution in [-0.4, -0.2) is 17.0 Å². The molecule has 0 fully saturated rings. The van der Waals surface area contributed by atoms with E-state index < -0.39 is 0 Å². The van der Waals surface area contributed by atoms with Crippen molar-refractivity contribution in [1.29, 1.82) is 0 Å². The number of aromatic nitrogens is 1. The average molecular weight is 299 g/mol. The van der Waals surface area contributed by atoms with Crippen LogP contribution in [-0.2, 0) is 4.79 Å². The Kier molecular flexibility index (Phi) is 3.21. The molecule has 0 aromatic carbocycles. The Morgan fingerprint density at radius 2 is 2.41 bits per heavy atom. The zero-order valence-electron chi connectivity index (χ0n) is 8.71. The number of thiophene rings is 1. The molecule has 2 aromatic heterocycles. The van der Waals surface area contributed by atoms with Gasteiger partial charge in [-0.2, -0.15) is 0 Å². The lowest BCUT2D eigenvalue weighted by molar-refractivity contribution is -0.110. The number of hydrogen-bond acceptors (Lipinski definition) is 5. The van der Waals surface area contributed by atoms with Gasteiger partial charge in [-0.3, -0.25) is 0 Å². The molecule has 88 valence electrons. The molecule has 0 aliphatic carbocycles. The number of thiazole rings is 1. The fourth-order valence-corrected chi connectivity index (χ4v) is 5.82. The molecule has 3 heterocycles. The van der Waals surface area contributed by atoms with E-state index in [0.717, 1.165) is 21.0 Å². The minimum atomic E-state index is 0.0626. The first kappa shape index (κ1) is 11.6. The molecule has 2 unspecified atom stereocenters. The Morgan fingerprint density at radius 1 is 1.53 bits per heavy atom. The molecule has 3 rings (SSSR count). The number of carbonyl (C=O) groups is 1. The summed E-state index contributed by atoms with van der Waals surface area (Å²) in [5.74, 6) is 1.09. The Bertz CT molecular complexity index is 583. The fourth-order valence-electron chi connectivity index (χ4n) is 2.03. The molecular formula is C11H9NOS4. The van der Waals surface area contributed by atoms with E-state index in [-0.39, 0.29) is 11.8 Å². The first-order chi connectivity index (χ1) is 8.29. The van der Waals surface area contributed by atoms with Crippen LogP contribution in [0.25, 0.3) is 0 Å². The summed E-state index contributed by atoms with van der Waals surface area (Å²) in [4.78, 5) is 16.9. The van der Waals surface area contributed by atoms with E-state index in [0.29, 0.717) is 0 Å². The Balaban J connectivity index is 2.14. The van der Waals surface area contributed by atoms with Crippen molar-refractivity contribution < 1.29 is 4.79 Å². The molecule has 1 N–H and O–H groups in total. The van der Waals surface area contributed by atoms with Crippen LogP contribution in [0.5, 0.6) is 0 Å². The van der Waals surface area contributed by atoms with Crippen molar-refractivity contribution in [2.75, 3.05) is 5.75 Å². The van der Waals surface area contributed by atoms with Gasteiger partial charge in [-0.05, 0) is 23.7 Å². The van der Waals surface area contributed by atoms with Gasteiger partial charge in [0.15, 0.2) is 3.95 Å². The van der Waals surface area contributed by atoms with Crippen molar-refractivity contribution in [3.05, 3.63) is 31.2 Å². The molecule has 0 bridgehead atoms. The average Bonchev–Trinajstić information content (AvgIpc) is 2.94. The summed E-state index contributed by atoms with van der Waals surface area (Å²) in [6.07, 6.45) is 1.09. The van der Waals surface area contributed by atoms with Crippen molar-refractivity contribution in [1.82, 2.24) is 4.98 Å². The SMILES string of the molecule is O=CC1CSc2[nH]c(=S)sc2C1c1cccs1. The van der Waals surface area contributed by atoms with Crippen LogP contribution < -0.4 is 0 Å². The van der Waals surface area contributed by atoms with Gasteiger partial charge in [0.05, 0.1) is 5.03 Å². The molecule has 0 amide bonds. The summed E-state index contributed by atoms with van der Waals surface area (Å²) >= 11 is 10.2. The van der Waals surface area contributed by atoms with Crippen molar-refractivity contribution in [2.45, 2.75) is 10.9 Å². The van der Waals surface area contributed by atoms with Gasteiger partial charge in [-0.15, -0.1) is 34.4 Å². The highest BCUT2D eigenvalue weighted by Gasteiger charge is 2.33. The van der Waals surface area contributed by atoms with Gasteiger partial charge in [-0.1, -0.05) is 6.07 Å². The minimum Gasteiger partial charge on any atom is -0.332 e. The third kappa shape index (κ3) is 2.03. The highest BCUT2D eigenvalue weighted by Crippen LogP contribution is 2.46. The quantitative estimate of drug-likeness (QED) is 0.674. The van der Waals surface area contributed by atoms with Gasteiger partial charge in [-0.25, -0.2) is 0 Å². The summed E-state index contributed by atoms with van der Waals surface area (Å²) in [6.45, 7) is 0. The molecule has 0 saturated heterocycles. The number of thioether (sulfide) groups is 1. The highest BCUT2D eigenvalue weighted by atomic mass is 32.2. The molecule has 2 nitrogen and oxygen atoms in total. The Morgan fingerprint density at radius 3 is 3.12 bits per heavy atom. The van der Waals surface area contributed by atoms with Crippen molar-refractivity contribution in [2.24, 2.45) is 5.92 Å². The molecule has 1 aliphatic rings. The van der Waals surface area contributed by atoms with Gasteiger partial charge in [0, 0.05) is 27.3 Å². The van der Waals surface area contributed by atoms with Gasteiger partial charge in [0.1, 0.15) is 6.29 Å². The van der Waals surface area contributed by atoms with Crippen LogP contribution in [0.1, 0.15) is 15.7 Å². The van der Waals surface area contributed by atoms with Crippen LogP contribution in [0.15, 0.2) is 22.5 Å². The smallest absolute Gasteiger partial charge is 0.159 e. The number of H-pyrrole nitrogens is 1. The van der Waals surface area contributed by atoms with Gasteiger partial charge < -0.3 is 9.78 Å². The summed E-state index contributed by atoms with van der Waals surface area (Å²) in [5, 5.41) is 3.21. The lowest BCUT2D eigenvalue weighted by atomic mass is 9.92. The number of hydrogen-bond donors (Lipinski definition) is 1. The second-order valence-corrected chi connectivity index (χ2v) is 7.54. The molecule has 1 aliphatic heterocycles. The molecule has 2 atom stereocenters. The van der Waals surface area contributed by atoms with E-state index in [1.165, 1.54) is 9.75 Å². The number of fused-ring (bicyclic) bond motifs is 1. The number of aldehydes is 1. The third-order valence-electron chi connectivity index (χ3n) is 2.80. The maximum absolute atomic E-state index is 11.2. The zero-order chi connectivity index (χ0) is 11.8. The van der Waals surface area contributed by atoms with E-state index in [9.17, 15) is 4.79 Å². The summed E-state index contributed by atoms with van der Waals surface area (Å²) in [7, 11) is 0. The molecular weight excluding hydrogens is 290 g/mol. The fraction of sp³-hybridized carbons (Fsp3) is 0.273. The maximum Gasteiger partial charge on any atom is 0.159 e. The number of nitrogens with one attached hydrogen (secondary N) is 1. The topological polar surface area (TPSA) is 32.9 Å². The standard InChI is InChI=1S/C11H9NOS4/c13-4-6-5-16-10-9(17-11(14)12-10)8(6)7-2-1-3-15-7/h1-4,6,8H,5H2,(H,12,14). The van der Waals surface area contributed by atoms with E-state index in [1.54, 1.807) is 34.4 Å². The lowest BCUT2D eigenvalue weighted by Gasteiger charge is -2.25. The number of carbonyl (C=O) groups excluding carboxylic acids is 1. The normalized spacial score (nSPS) is 23.3. The van der Waals surface area contributed by atoms with Crippen molar-refractivity contribution in [3.63, 3.8) is 0 Å². The monoisotopic (exact) mass is 299 g/mol. The predicted octanol–water partition coefficient (Wildman–Crippen LogP) is 3.92. The lowest BCUT2D eigenvalue weighted by Crippen LogP contribution is -2.20. The van der Waals surface area contributed by atoms with Gasteiger partial charge in [0.25, 0.3) is 0 Å².